The minimum absolute atomic E-state index is 0.0218. The molecule has 6 heteroatoms. The number of ether oxygens (including phenoxy) is 2. The van der Waals surface area contributed by atoms with Gasteiger partial charge in [0, 0.05) is 5.92 Å². The molecule has 1 N–H and O–H groups in total. The van der Waals surface area contributed by atoms with E-state index in [2.05, 4.69) is 26.1 Å². The first-order valence-corrected chi connectivity index (χ1v) is 13.6. The minimum atomic E-state index is -0.435. The Morgan fingerprint density at radius 3 is 2.26 bits per heavy atom. The van der Waals surface area contributed by atoms with E-state index in [1.165, 1.54) is 32.1 Å². The topological polar surface area (TPSA) is 81.7 Å². The zero-order valence-corrected chi connectivity index (χ0v) is 21.9. The van der Waals surface area contributed by atoms with E-state index in [-0.39, 0.29) is 36.4 Å². The lowest BCUT2D eigenvalue weighted by Gasteiger charge is -2.62. The Bertz CT molecular complexity index is 813. The van der Waals surface area contributed by atoms with Gasteiger partial charge in [0.25, 0.3) is 0 Å². The highest BCUT2D eigenvalue weighted by Gasteiger charge is 2.61. The van der Waals surface area contributed by atoms with Gasteiger partial charge in [0.2, 0.25) is 0 Å². The number of fused-ring (bicyclic) bond motifs is 5. The molecule has 0 spiro atoms. The van der Waals surface area contributed by atoms with Crippen LogP contribution in [0.2, 0.25) is 0 Å². The van der Waals surface area contributed by atoms with Crippen LogP contribution in [-0.4, -0.2) is 43.0 Å². The van der Waals surface area contributed by atoms with Gasteiger partial charge >= 0.3 is 11.9 Å². The van der Waals surface area contributed by atoms with Crippen molar-refractivity contribution in [2.24, 2.45) is 40.4 Å². The van der Waals surface area contributed by atoms with Crippen molar-refractivity contribution in [2.75, 3.05) is 19.7 Å². The van der Waals surface area contributed by atoms with Gasteiger partial charge in [-0.2, -0.15) is 0 Å². The second-order valence-corrected chi connectivity index (χ2v) is 12.5. The summed E-state index contributed by atoms with van der Waals surface area (Å²) in [6.07, 6.45) is 10.1. The molecule has 0 unspecified atom stereocenters. The number of carbonyl (C=O) groups is 3. The lowest BCUT2D eigenvalue weighted by molar-refractivity contribution is -0.180. The molecule has 4 rings (SSSR count). The largest absolute Gasteiger partial charge is 0.465 e. The standard InChI is InChI=1S/C28H45NO5/c1-6-33-24(31)16-29-17-25(32)34-26(3)13-14-27(4)19(15-26)7-8-20-22-10-9-21(18(2)30)28(22,5)12-11-23(20)27/h19-23,29H,6-17H2,1-5H3/t19-,20-,21+,22-,23-,26+,27-,28+/m0/s1. The second kappa shape index (κ2) is 9.55. The summed E-state index contributed by atoms with van der Waals surface area (Å²) in [5.41, 5.74) is 0.0636. The van der Waals surface area contributed by atoms with Crippen molar-refractivity contribution in [2.45, 2.75) is 98.0 Å². The first kappa shape index (κ1) is 25.7. The quantitative estimate of drug-likeness (QED) is 0.538. The molecule has 0 radical (unpaired) electrons. The zero-order valence-electron chi connectivity index (χ0n) is 21.9. The molecule has 0 aromatic heterocycles. The van der Waals surface area contributed by atoms with E-state index >= 15 is 0 Å². The molecule has 0 aromatic carbocycles. The molecular formula is C28H45NO5. The maximum Gasteiger partial charge on any atom is 0.320 e. The van der Waals surface area contributed by atoms with E-state index < -0.39 is 5.60 Å². The third-order valence-electron chi connectivity index (χ3n) is 10.6. The monoisotopic (exact) mass is 475 g/mol. The number of rotatable bonds is 7. The smallest absolute Gasteiger partial charge is 0.320 e. The van der Waals surface area contributed by atoms with Gasteiger partial charge in [-0.25, -0.2) is 0 Å². The molecular weight excluding hydrogens is 430 g/mol. The summed E-state index contributed by atoms with van der Waals surface area (Å²) in [6, 6.07) is 0. The molecule has 0 saturated heterocycles. The predicted molar refractivity (Wildman–Crippen MR) is 130 cm³/mol. The Balaban J connectivity index is 1.37. The molecule has 4 aliphatic carbocycles. The van der Waals surface area contributed by atoms with E-state index in [1.54, 1.807) is 13.8 Å². The van der Waals surface area contributed by atoms with Crippen LogP contribution in [0.25, 0.3) is 0 Å². The fourth-order valence-corrected chi connectivity index (χ4v) is 8.97. The van der Waals surface area contributed by atoms with Gasteiger partial charge < -0.3 is 9.47 Å². The van der Waals surface area contributed by atoms with E-state index in [0.29, 0.717) is 29.6 Å². The summed E-state index contributed by atoms with van der Waals surface area (Å²) in [6.45, 7) is 11.0. The van der Waals surface area contributed by atoms with Crippen LogP contribution in [0.15, 0.2) is 0 Å². The van der Waals surface area contributed by atoms with Gasteiger partial charge in [0.1, 0.15) is 11.4 Å². The third kappa shape index (κ3) is 4.56. The molecule has 0 amide bonds. The molecule has 8 atom stereocenters. The molecule has 4 aliphatic rings. The van der Waals surface area contributed by atoms with E-state index in [0.717, 1.165) is 37.5 Å². The normalized spacial score (nSPS) is 43.3. The number of carbonyl (C=O) groups excluding carboxylic acids is 3. The predicted octanol–water partition coefficient (Wildman–Crippen LogP) is 4.69. The first-order valence-electron chi connectivity index (χ1n) is 13.6. The van der Waals surface area contributed by atoms with Crippen LogP contribution in [0.1, 0.15) is 92.4 Å². The SMILES string of the molecule is CCOC(=O)CNCC(=O)O[C@]1(C)CC[C@@]2(C)[C@@H](CC[C@@H]3[C@@H]2CC[C@]2(C)[C@@H](C(C)=O)CC[C@@H]32)C1. The Morgan fingerprint density at radius 1 is 0.853 bits per heavy atom. The van der Waals surface area contributed by atoms with Crippen molar-refractivity contribution in [3.05, 3.63) is 0 Å². The second-order valence-electron chi connectivity index (χ2n) is 12.5. The molecule has 6 nitrogen and oxygen atoms in total. The van der Waals surface area contributed by atoms with Gasteiger partial charge in [0.15, 0.2) is 0 Å². The average molecular weight is 476 g/mol. The fourth-order valence-electron chi connectivity index (χ4n) is 8.97. The number of nitrogens with one attached hydrogen (secondary N) is 1. The van der Waals surface area contributed by atoms with Gasteiger partial charge in [-0.05, 0) is 113 Å². The van der Waals surface area contributed by atoms with Gasteiger partial charge in [-0.15, -0.1) is 0 Å². The number of ketones is 1. The maximum absolute atomic E-state index is 12.5. The van der Waals surface area contributed by atoms with E-state index in [9.17, 15) is 14.4 Å². The van der Waals surface area contributed by atoms with Crippen LogP contribution in [0, 0.1) is 40.4 Å². The van der Waals surface area contributed by atoms with E-state index in [1.807, 2.05) is 0 Å². The summed E-state index contributed by atoms with van der Waals surface area (Å²) in [5, 5.41) is 2.84. The van der Waals surface area contributed by atoms with Crippen molar-refractivity contribution < 1.29 is 23.9 Å². The number of esters is 2. The van der Waals surface area contributed by atoms with Crippen molar-refractivity contribution in [1.82, 2.24) is 5.32 Å². The average Bonchev–Trinajstić information content (AvgIpc) is 3.12. The lowest BCUT2D eigenvalue weighted by atomic mass is 9.44. The summed E-state index contributed by atoms with van der Waals surface area (Å²) in [5.74, 6) is 2.73. The fraction of sp³-hybridized carbons (Fsp3) is 0.893. The molecule has 0 aromatic rings. The molecule has 0 aliphatic heterocycles. The number of hydrogen-bond acceptors (Lipinski definition) is 6. The molecule has 4 fully saturated rings. The van der Waals surface area contributed by atoms with Gasteiger partial charge in [-0.3, -0.25) is 19.7 Å². The Labute approximate surface area is 205 Å². The summed E-state index contributed by atoms with van der Waals surface area (Å²) in [4.78, 5) is 36.4. The summed E-state index contributed by atoms with van der Waals surface area (Å²) >= 11 is 0. The van der Waals surface area contributed by atoms with Crippen molar-refractivity contribution in [1.29, 1.82) is 0 Å². The van der Waals surface area contributed by atoms with Crippen LogP contribution >= 0.6 is 0 Å². The highest BCUT2D eigenvalue weighted by Crippen LogP contribution is 2.68. The lowest BCUT2D eigenvalue weighted by Crippen LogP contribution is -2.56. The molecule has 34 heavy (non-hydrogen) atoms. The van der Waals surface area contributed by atoms with Crippen molar-refractivity contribution in [3.63, 3.8) is 0 Å². The number of Topliss-reactive ketones (excluding diaryl/α,β-unsaturated/α-hetero) is 1. The van der Waals surface area contributed by atoms with Crippen LogP contribution in [0.4, 0.5) is 0 Å². The summed E-state index contributed by atoms with van der Waals surface area (Å²) < 4.78 is 10.9. The summed E-state index contributed by atoms with van der Waals surface area (Å²) in [7, 11) is 0. The zero-order chi connectivity index (χ0) is 24.7. The minimum Gasteiger partial charge on any atom is -0.465 e. The Morgan fingerprint density at radius 2 is 1.56 bits per heavy atom. The van der Waals surface area contributed by atoms with Crippen LogP contribution in [0.5, 0.6) is 0 Å². The number of hydrogen-bond donors (Lipinski definition) is 1. The van der Waals surface area contributed by atoms with Crippen LogP contribution in [-0.2, 0) is 23.9 Å². The van der Waals surface area contributed by atoms with Crippen LogP contribution < -0.4 is 5.32 Å². The highest BCUT2D eigenvalue weighted by atomic mass is 16.6. The Hall–Kier alpha value is -1.43. The maximum atomic E-state index is 12.5. The molecule has 192 valence electrons. The van der Waals surface area contributed by atoms with Gasteiger partial charge in [-0.1, -0.05) is 13.8 Å². The van der Waals surface area contributed by atoms with Gasteiger partial charge in [0.05, 0.1) is 19.7 Å². The highest BCUT2D eigenvalue weighted by molar-refractivity contribution is 5.79. The van der Waals surface area contributed by atoms with Crippen molar-refractivity contribution >= 4 is 17.7 Å². The van der Waals surface area contributed by atoms with Crippen LogP contribution in [0.3, 0.4) is 0 Å². The third-order valence-corrected chi connectivity index (χ3v) is 10.6. The van der Waals surface area contributed by atoms with E-state index in [4.69, 9.17) is 9.47 Å². The molecule has 0 bridgehead atoms. The molecule has 4 saturated carbocycles. The molecule has 0 heterocycles. The van der Waals surface area contributed by atoms with Crippen molar-refractivity contribution in [3.8, 4) is 0 Å². The Kier molecular flexibility index (Phi) is 7.21. The first-order chi connectivity index (χ1) is 16.0.